The molecule has 1 aliphatic carbocycles. The maximum atomic E-state index is 5.82. The highest BCUT2D eigenvalue weighted by Crippen LogP contribution is 2.26. The van der Waals surface area contributed by atoms with Gasteiger partial charge in [-0.2, -0.15) is 0 Å². The molecule has 0 aromatic rings. The number of ether oxygens (including phenoxy) is 1. The fourth-order valence-electron chi connectivity index (χ4n) is 2.83. The molecule has 2 heteroatoms. The zero-order valence-electron chi connectivity index (χ0n) is 11.8. The highest BCUT2D eigenvalue weighted by atomic mass is 16.5. The molecule has 1 saturated carbocycles. The first-order valence-corrected chi connectivity index (χ1v) is 7.63. The Kier molecular flexibility index (Phi) is 8.72. The average molecular weight is 241 g/mol. The molecule has 0 heterocycles. The summed E-state index contributed by atoms with van der Waals surface area (Å²) in [6, 6.07) is 0.585. The van der Waals surface area contributed by atoms with Gasteiger partial charge in [0.25, 0.3) is 0 Å². The molecule has 0 saturated heterocycles. The number of hydrogen-bond acceptors (Lipinski definition) is 2. The molecule has 0 radical (unpaired) electrons. The fraction of sp³-hybridized carbons (Fsp3) is 1.00. The third kappa shape index (κ3) is 6.42. The number of unbranched alkanes of at least 4 members (excludes halogenated alkanes) is 3. The van der Waals surface area contributed by atoms with Crippen LogP contribution in [0.4, 0.5) is 0 Å². The molecule has 102 valence electrons. The topological polar surface area (TPSA) is 21.3 Å². The van der Waals surface area contributed by atoms with Crippen molar-refractivity contribution in [1.82, 2.24) is 5.32 Å². The van der Waals surface area contributed by atoms with Crippen LogP contribution in [0.5, 0.6) is 0 Å². The molecule has 1 atom stereocenters. The van der Waals surface area contributed by atoms with Crippen molar-refractivity contribution in [2.75, 3.05) is 20.3 Å². The summed E-state index contributed by atoms with van der Waals surface area (Å²) in [5.41, 5.74) is 0. The molecule has 0 amide bonds. The minimum Gasteiger partial charge on any atom is -0.380 e. The van der Waals surface area contributed by atoms with Crippen LogP contribution in [0.3, 0.4) is 0 Å². The van der Waals surface area contributed by atoms with Gasteiger partial charge in [-0.1, -0.05) is 45.4 Å². The summed E-state index contributed by atoms with van der Waals surface area (Å²) in [7, 11) is 2.08. The predicted octanol–water partition coefficient (Wildman–Crippen LogP) is 3.75. The van der Waals surface area contributed by atoms with Gasteiger partial charge in [0.15, 0.2) is 0 Å². The lowest BCUT2D eigenvalue weighted by molar-refractivity contribution is 0.0845. The maximum Gasteiger partial charge on any atom is 0.0622 e. The Balaban J connectivity index is 2.05. The Bertz CT molecular complexity index is 166. The number of nitrogens with one attached hydrogen (secondary N) is 1. The fourth-order valence-corrected chi connectivity index (χ4v) is 2.83. The van der Waals surface area contributed by atoms with Crippen LogP contribution in [0.1, 0.15) is 64.7 Å². The highest BCUT2D eigenvalue weighted by molar-refractivity contribution is 4.77. The Morgan fingerprint density at radius 1 is 1.12 bits per heavy atom. The van der Waals surface area contributed by atoms with E-state index in [0.717, 1.165) is 19.1 Å². The van der Waals surface area contributed by atoms with Crippen molar-refractivity contribution in [2.24, 2.45) is 5.92 Å². The summed E-state index contributed by atoms with van der Waals surface area (Å²) in [6.07, 6.45) is 12.3. The summed E-state index contributed by atoms with van der Waals surface area (Å²) >= 11 is 0. The van der Waals surface area contributed by atoms with Crippen LogP contribution in [-0.2, 0) is 4.74 Å². The first-order valence-electron chi connectivity index (χ1n) is 7.63. The van der Waals surface area contributed by atoms with Gasteiger partial charge in [-0.3, -0.25) is 0 Å². The molecular formula is C15H31NO. The van der Waals surface area contributed by atoms with Gasteiger partial charge < -0.3 is 10.1 Å². The number of rotatable bonds is 9. The van der Waals surface area contributed by atoms with Crippen molar-refractivity contribution in [3.8, 4) is 0 Å². The molecular weight excluding hydrogens is 210 g/mol. The van der Waals surface area contributed by atoms with Crippen molar-refractivity contribution in [3.05, 3.63) is 0 Å². The zero-order valence-corrected chi connectivity index (χ0v) is 11.8. The Morgan fingerprint density at radius 2 is 1.88 bits per heavy atom. The maximum absolute atomic E-state index is 5.82. The molecule has 0 aliphatic heterocycles. The SMILES string of the molecule is CCCCCCOCC(NC)C1CCCCC1. The Morgan fingerprint density at radius 3 is 2.53 bits per heavy atom. The van der Waals surface area contributed by atoms with Gasteiger partial charge in [0.1, 0.15) is 0 Å². The first-order chi connectivity index (χ1) is 8.38. The molecule has 0 bridgehead atoms. The van der Waals surface area contributed by atoms with E-state index in [4.69, 9.17) is 4.74 Å². The van der Waals surface area contributed by atoms with Crippen LogP contribution in [0.2, 0.25) is 0 Å². The molecule has 2 nitrogen and oxygen atoms in total. The van der Waals surface area contributed by atoms with E-state index in [2.05, 4.69) is 19.3 Å². The standard InChI is InChI=1S/C15H31NO/c1-3-4-5-9-12-17-13-15(16-2)14-10-7-6-8-11-14/h14-16H,3-13H2,1-2H3. The van der Waals surface area contributed by atoms with E-state index >= 15 is 0 Å². The van der Waals surface area contributed by atoms with Gasteiger partial charge >= 0.3 is 0 Å². The van der Waals surface area contributed by atoms with Gasteiger partial charge in [0, 0.05) is 12.6 Å². The number of hydrogen-bond donors (Lipinski definition) is 1. The minimum atomic E-state index is 0.585. The molecule has 17 heavy (non-hydrogen) atoms. The second-order valence-corrected chi connectivity index (χ2v) is 5.43. The molecule has 0 aromatic carbocycles. The normalized spacial score (nSPS) is 19.4. The molecule has 0 spiro atoms. The van der Waals surface area contributed by atoms with Gasteiger partial charge in [-0.15, -0.1) is 0 Å². The Labute approximate surface area is 108 Å². The number of likely N-dealkylation sites (N-methyl/N-ethyl adjacent to an activating group) is 1. The van der Waals surface area contributed by atoms with Gasteiger partial charge in [-0.25, -0.2) is 0 Å². The van der Waals surface area contributed by atoms with Crippen molar-refractivity contribution in [2.45, 2.75) is 70.8 Å². The smallest absolute Gasteiger partial charge is 0.0622 e. The van der Waals surface area contributed by atoms with Gasteiger partial charge in [0.05, 0.1) is 6.61 Å². The quantitative estimate of drug-likeness (QED) is 0.621. The van der Waals surface area contributed by atoms with Crippen molar-refractivity contribution in [1.29, 1.82) is 0 Å². The predicted molar refractivity (Wildman–Crippen MR) is 74.4 cm³/mol. The van der Waals surface area contributed by atoms with Crippen molar-refractivity contribution < 1.29 is 4.74 Å². The molecule has 1 rings (SSSR count). The largest absolute Gasteiger partial charge is 0.380 e. The van der Waals surface area contributed by atoms with Crippen LogP contribution < -0.4 is 5.32 Å². The third-order valence-electron chi connectivity index (χ3n) is 4.03. The Hall–Kier alpha value is -0.0800. The summed E-state index contributed by atoms with van der Waals surface area (Å²) in [5.74, 6) is 0.851. The van der Waals surface area contributed by atoms with Crippen LogP contribution in [-0.4, -0.2) is 26.3 Å². The van der Waals surface area contributed by atoms with Crippen molar-refractivity contribution in [3.63, 3.8) is 0 Å². The second kappa shape index (κ2) is 9.90. The van der Waals surface area contributed by atoms with E-state index in [-0.39, 0.29) is 0 Å². The molecule has 1 aliphatic rings. The van der Waals surface area contributed by atoms with Crippen LogP contribution in [0.15, 0.2) is 0 Å². The summed E-state index contributed by atoms with van der Waals surface area (Å²) in [4.78, 5) is 0. The lowest BCUT2D eigenvalue weighted by Crippen LogP contribution is -2.38. The van der Waals surface area contributed by atoms with E-state index in [1.165, 1.54) is 57.8 Å². The van der Waals surface area contributed by atoms with E-state index in [1.807, 2.05) is 0 Å². The lowest BCUT2D eigenvalue weighted by atomic mass is 9.84. The van der Waals surface area contributed by atoms with Crippen LogP contribution in [0.25, 0.3) is 0 Å². The van der Waals surface area contributed by atoms with E-state index in [1.54, 1.807) is 0 Å². The van der Waals surface area contributed by atoms with Crippen LogP contribution >= 0.6 is 0 Å². The molecule has 0 aromatic heterocycles. The summed E-state index contributed by atoms with van der Waals surface area (Å²) < 4.78 is 5.82. The lowest BCUT2D eigenvalue weighted by Gasteiger charge is -2.29. The molecule has 1 fully saturated rings. The van der Waals surface area contributed by atoms with E-state index < -0.39 is 0 Å². The zero-order chi connectivity index (χ0) is 12.3. The average Bonchev–Trinajstić information content (AvgIpc) is 2.39. The molecule has 1 unspecified atom stereocenters. The second-order valence-electron chi connectivity index (χ2n) is 5.43. The first kappa shape index (κ1) is 15.0. The van der Waals surface area contributed by atoms with E-state index in [0.29, 0.717) is 6.04 Å². The van der Waals surface area contributed by atoms with E-state index in [9.17, 15) is 0 Å². The summed E-state index contributed by atoms with van der Waals surface area (Å²) in [6.45, 7) is 4.11. The molecule has 1 N–H and O–H groups in total. The highest BCUT2D eigenvalue weighted by Gasteiger charge is 2.22. The van der Waals surface area contributed by atoms with Gasteiger partial charge in [0.2, 0.25) is 0 Å². The summed E-state index contributed by atoms with van der Waals surface area (Å²) in [5, 5.41) is 3.45. The minimum absolute atomic E-state index is 0.585. The van der Waals surface area contributed by atoms with Gasteiger partial charge in [-0.05, 0) is 32.2 Å². The monoisotopic (exact) mass is 241 g/mol. The van der Waals surface area contributed by atoms with Crippen LogP contribution in [0, 0.1) is 5.92 Å². The third-order valence-corrected chi connectivity index (χ3v) is 4.03. The van der Waals surface area contributed by atoms with Crippen molar-refractivity contribution >= 4 is 0 Å².